The van der Waals surface area contributed by atoms with Gasteiger partial charge >= 0.3 is 0 Å². The number of nitrogens with one attached hydrogen (secondary N) is 1. The van der Waals surface area contributed by atoms with Crippen LogP contribution < -0.4 is 5.56 Å². The molecule has 1 saturated carbocycles. The van der Waals surface area contributed by atoms with E-state index in [2.05, 4.69) is 25.9 Å². The summed E-state index contributed by atoms with van der Waals surface area (Å²) in [5.74, 6) is 1.03. The van der Waals surface area contributed by atoms with Crippen molar-refractivity contribution in [3.8, 4) is 0 Å². The van der Waals surface area contributed by atoms with Crippen LogP contribution in [0.25, 0.3) is 0 Å². The van der Waals surface area contributed by atoms with E-state index in [-0.39, 0.29) is 5.56 Å². The number of H-pyrrole nitrogens is 1. The largest absolute Gasteiger partial charge is 0.301 e. The highest BCUT2D eigenvalue weighted by molar-refractivity contribution is 9.09. The number of alkyl halides is 1. The van der Waals surface area contributed by atoms with Crippen molar-refractivity contribution in [2.24, 2.45) is 5.41 Å². The minimum Gasteiger partial charge on any atom is -0.301 e. The molecule has 0 saturated heterocycles. The summed E-state index contributed by atoms with van der Waals surface area (Å²) in [7, 11) is 0. The van der Waals surface area contributed by atoms with Crippen molar-refractivity contribution >= 4 is 27.7 Å². The number of nitrogens with zero attached hydrogens (tertiary/aromatic N) is 1. The molecule has 5 heteroatoms. The summed E-state index contributed by atoms with van der Waals surface area (Å²) in [6.45, 7) is 1.84. The monoisotopic (exact) mass is 288 g/mol. The standard InChI is InChI=1S/C10H13BrN2OS/c1-7-4-8(14)13-9(12-7)15-6-10(5-11)2-3-10/h4H,2-3,5-6H2,1H3,(H,12,13,14). The van der Waals surface area contributed by atoms with Gasteiger partial charge in [0.2, 0.25) is 0 Å². The van der Waals surface area contributed by atoms with Crippen LogP contribution in [-0.4, -0.2) is 21.1 Å². The highest BCUT2D eigenvalue weighted by Crippen LogP contribution is 2.49. The van der Waals surface area contributed by atoms with E-state index in [1.807, 2.05) is 6.92 Å². The van der Waals surface area contributed by atoms with Crippen molar-refractivity contribution in [1.82, 2.24) is 9.97 Å². The van der Waals surface area contributed by atoms with Gasteiger partial charge in [-0.2, -0.15) is 0 Å². The lowest BCUT2D eigenvalue weighted by Crippen LogP contribution is -2.10. The van der Waals surface area contributed by atoms with Crippen LogP contribution in [0.1, 0.15) is 18.5 Å². The Morgan fingerprint density at radius 3 is 2.93 bits per heavy atom. The maximum Gasteiger partial charge on any atom is 0.251 e. The molecule has 2 rings (SSSR count). The summed E-state index contributed by atoms with van der Waals surface area (Å²) in [6, 6.07) is 1.52. The molecule has 3 nitrogen and oxygen atoms in total. The fraction of sp³-hybridized carbons (Fsp3) is 0.600. The van der Waals surface area contributed by atoms with Gasteiger partial charge in [0.1, 0.15) is 0 Å². The number of rotatable bonds is 4. The van der Waals surface area contributed by atoms with Crippen molar-refractivity contribution in [1.29, 1.82) is 0 Å². The first-order chi connectivity index (χ1) is 7.13. The minimum atomic E-state index is -0.0614. The number of aromatic nitrogens is 2. The average Bonchev–Trinajstić information content (AvgIpc) is 2.94. The van der Waals surface area contributed by atoms with Crippen LogP contribution in [0.4, 0.5) is 0 Å². The number of hydrogen-bond donors (Lipinski definition) is 1. The van der Waals surface area contributed by atoms with Crippen molar-refractivity contribution in [3.63, 3.8) is 0 Å². The third-order valence-electron chi connectivity index (χ3n) is 2.60. The van der Waals surface area contributed by atoms with E-state index in [1.165, 1.54) is 18.9 Å². The number of aromatic amines is 1. The molecule has 1 N–H and O–H groups in total. The Labute approximate surface area is 101 Å². The lowest BCUT2D eigenvalue weighted by atomic mass is 10.2. The number of thioether (sulfide) groups is 1. The molecule has 1 fully saturated rings. The molecule has 82 valence electrons. The molecule has 0 aliphatic heterocycles. The van der Waals surface area contributed by atoms with Gasteiger partial charge in [0, 0.05) is 22.8 Å². The Bertz CT molecular complexity index is 414. The SMILES string of the molecule is Cc1cc(=O)[nH]c(SCC2(CBr)CC2)n1. The molecular formula is C10H13BrN2OS. The highest BCUT2D eigenvalue weighted by atomic mass is 79.9. The predicted octanol–water partition coefficient (Wildman–Crippen LogP) is 2.35. The first-order valence-corrected chi connectivity index (χ1v) is 7.01. The second-order valence-electron chi connectivity index (χ2n) is 4.11. The molecule has 1 aliphatic carbocycles. The number of aryl methyl sites for hydroxylation is 1. The lowest BCUT2D eigenvalue weighted by molar-refractivity contribution is 0.684. The fourth-order valence-electron chi connectivity index (χ4n) is 1.33. The van der Waals surface area contributed by atoms with Gasteiger partial charge in [-0.1, -0.05) is 27.7 Å². The molecule has 0 bridgehead atoms. The molecule has 15 heavy (non-hydrogen) atoms. The zero-order valence-corrected chi connectivity index (χ0v) is 10.9. The van der Waals surface area contributed by atoms with E-state index in [0.717, 1.165) is 21.9 Å². The second kappa shape index (κ2) is 4.29. The molecule has 0 radical (unpaired) electrons. The molecule has 0 unspecified atom stereocenters. The second-order valence-corrected chi connectivity index (χ2v) is 5.64. The maximum atomic E-state index is 11.2. The number of hydrogen-bond acceptors (Lipinski definition) is 3. The van der Waals surface area contributed by atoms with Crippen molar-refractivity contribution in [3.05, 3.63) is 22.1 Å². The van der Waals surface area contributed by atoms with Crippen LogP contribution in [0.3, 0.4) is 0 Å². The summed E-state index contributed by atoms with van der Waals surface area (Å²) in [6.07, 6.45) is 2.56. The average molecular weight is 289 g/mol. The number of halogens is 1. The third-order valence-corrected chi connectivity index (χ3v) is 5.02. The lowest BCUT2D eigenvalue weighted by Gasteiger charge is -2.09. The zero-order chi connectivity index (χ0) is 10.9. The Hall–Kier alpha value is -0.290. The normalized spacial score (nSPS) is 17.7. The third kappa shape index (κ3) is 2.84. The van der Waals surface area contributed by atoms with Crippen LogP contribution in [0, 0.1) is 12.3 Å². The van der Waals surface area contributed by atoms with Crippen LogP contribution in [-0.2, 0) is 0 Å². The summed E-state index contributed by atoms with van der Waals surface area (Å²) < 4.78 is 0. The summed E-state index contributed by atoms with van der Waals surface area (Å²) in [5.41, 5.74) is 1.17. The molecule has 0 amide bonds. The molecule has 1 aromatic heterocycles. The van der Waals surface area contributed by atoms with Crippen LogP contribution in [0.5, 0.6) is 0 Å². The zero-order valence-electron chi connectivity index (χ0n) is 8.55. The van der Waals surface area contributed by atoms with E-state index in [1.54, 1.807) is 11.8 Å². The smallest absolute Gasteiger partial charge is 0.251 e. The maximum absolute atomic E-state index is 11.2. The fourth-order valence-corrected chi connectivity index (χ4v) is 3.57. The Balaban J connectivity index is 2.02. The van der Waals surface area contributed by atoms with Gasteiger partial charge in [-0.25, -0.2) is 4.98 Å². The quantitative estimate of drug-likeness (QED) is 0.526. The first-order valence-electron chi connectivity index (χ1n) is 4.90. The summed E-state index contributed by atoms with van der Waals surface area (Å²) in [5, 5.41) is 1.79. The van der Waals surface area contributed by atoms with E-state index < -0.39 is 0 Å². The summed E-state index contributed by atoms with van der Waals surface area (Å²) in [4.78, 5) is 18.2. The van der Waals surface area contributed by atoms with E-state index in [4.69, 9.17) is 0 Å². The molecule has 1 aliphatic rings. The Morgan fingerprint density at radius 1 is 1.67 bits per heavy atom. The van der Waals surface area contributed by atoms with E-state index in [9.17, 15) is 4.79 Å². The van der Waals surface area contributed by atoms with Gasteiger partial charge in [-0.05, 0) is 25.2 Å². The van der Waals surface area contributed by atoms with Crippen molar-refractivity contribution in [2.75, 3.05) is 11.1 Å². The Kier molecular flexibility index (Phi) is 3.21. The molecular weight excluding hydrogens is 276 g/mol. The Morgan fingerprint density at radius 2 is 2.40 bits per heavy atom. The molecule has 1 heterocycles. The van der Waals surface area contributed by atoms with Crippen LogP contribution in [0.15, 0.2) is 16.0 Å². The predicted molar refractivity (Wildman–Crippen MR) is 65.8 cm³/mol. The van der Waals surface area contributed by atoms with Gasteiger partial charge < -0.3 is 4.98 Å². The van der Waals surface area contributed by atoms with Gasteiger partial charge in [0.05, 0.1) is 0 Å². The van der Waals surface area contributed by atoms with E-state index >= 15 is 0 Å². The van der Waals surface area contributed by atoms with Gasteiger partial charge in [0.25, 0.3) is 5.56 Å². The van der Waals surface area contributed by atoms with Gasteiger partial charge in [-0.15, -0.1) is 0 Å². The molecule has 0 spiro atoms. The highest BCUT2D eigenvalue weighted by Gasteiger charge is 2.41. The minimum absolute atomic E-state index is 0.0614. The summed E-state index contributed by atoms with van der Waals surface area (Å²) >= 11 is 5.18. The molecule has 0 aromatic carbocycles. The van der Waals surface area contributed by atoms with Crippen LogP contribution in [0.2, 0.25) is 0 Å². The first kappa shape index (κ1) is 11.2. The van der Waals surface area contributed by atoms with Crippen LogP contribution >= 0.6 is 27.7 Å². The van der Waals surface area contributed by atoms with Crippen molar-refractivity contribution in [2.45, 2.75) is 24.9 Å². The molecule has 1 aromatic rings. The van der Waals surface area contributed by atoms with Gasteiger partial charge in [-0.3, -0.25) is 4.79 Å². The molecule has 0 atom stereocenters. The topological polar surface area (TPSA) is 45.8 Å². The van der Waals surface area contributed by atoms with E-state index in [0.29, 0.717) is 5.41 Å². The van der Waals surface area contributed by atoms with Gasteiger partial charge in [0.15, 0.2) is 5.16 Å². The van der Waals surface area contributed by atoms with Crippen molar-refractivity contribution < 1.29 is 0 Å².